The Morgan fingerprint density at radius 2 is 1.61 bits per heavy atom. The second kappa shape index (κ2) is 8.36. The average Bonchev–Trinajstić information content (AvgIpc) is 3.03. The summed E-state index contributed by atoms with van der Waals surface area (Å²) in [4.78, 5) is 6.96. The highest BCUT2D eigenvalue weighted by atomic mass is 35.5. The number of aliphatic imine (C=N–C) groups is 1. The van der Waals surface area contributed by atoms with Crippen LogP contribution in [0, 0.1) is 0 Å². The first-order chi connectivity index (χ1) is 15.3. The summed E-state index contributed by atoms with van der Waals surface area (Å²) in [5, 5.41) is 0.381. The van der Waals surface area contributed by atoms with Crippen molar-refractivity contribution in [2.75, 3.05) is 16.1 Å². The largest absolute Gasteiger partial charge is 0.416 e. The summed E-state index contributed by atoms with van der Waals surface area (Å²) in [6.07, 6.45) is -4.80. The highest BCUT2D eigenvalue weighted by Gasteiger charge is 2.45. The third-order valence-corrected chi connectivity index (χ3v) is 7.45. The standard InChI is InChI=1S/C19H16Cl2F3N5O2S2/c1-33(30,31)18-27-16-14(29(17(26)32-16)13-11(20)3-2-4-12(13)21)15(25)28(18)10-7-5-9(6-8-10)19(22,23)24/h2-8,15,17H,25-26H2,1H3. The number of nitrogens with two attached hydrogens (primary N) is 2. The van der Waals surface area contributed by atoms with Crippen molar-refractivity contribution in [3.63, 3.8) is 0 Å². The number of halogens is 5. The van der Waals surface area contributed by atoms with Crippen LogP contribution in [0.3, 0.4) is 0 Å². The average molecular weight is 538 g/mol. The van der Waals surface area contributed by atoms with Gasteiger partial charge in [-0.2, -0.15) is 13.2 Å². The summed E-state index contributed by atoms with van der Waals surface area (Å²) in [6, 6.07) is 8.78. The predicted octanol–water partition coefficient (Wildman–Crippen LogP) is 4.18. The van der Waals surface area contributed by atoms with E-state index in [1.807, 2.05) is 0 Å². The number of hydrogen-bond acceptors (Lipinski definition) is 8. The first kappa shape index (κ1) is 24.2. The molecule has 2 aromatic rings. The molecule has 4 rings (SSSR count). The van der Waals surface area contributed by atoms with Crippen molar-refractivity contribution in [1.29, 1.82) is 0 Å². The Morgan fingerprint density at radius 1 is 1.03 bits per heavy atom. The molecule has 2 aromatic carbocycles. The van der Waals surface area contributed by atoms with Crippen molar-refractivity contribution in [2.45, 2.75) is 17.8 Å². The van der Waals surface area contributed by atoms with Crippen LogP contribution < -0.4 is 21.3 Å². The molecule has 33 heavy (non-hydrogen) atoms. The van der Waals surface area contributed by atoms with Crippen LogP contribution in [0.15, 0.2) is 58.2 Å². The maximum atomic E-state index is 13.0. The Hall–Kier alpha value is -1.96. The molecule has 0 radical (unpaired) electrons. The van der Waals surface area contributed by atoms with Crippen LogP contribution in [0.25, 0.3) is 0 Å². The number of thioether (sulfide) groups is 1. The molecule has 0 aromatic heterocycles. The fourth-order valence-corrected chi connectivity index (χ4v) is 6.02. The van der Waals surface area contributed by atoms with Gasteiger partial charge in [0.1, 0.15) is 16.7 Å². The predicted molar refractivity (Wildman–Crippen MR) is 126 cm³/mol. The SMILES string of the molecule is CS(=O)(=O)C1=NC2=C(C(N)N1c1ccc(C(F)(F)F)cc1)N(c1c(Cl)cccc1Cl)C(N)S2. The molecule has 4 N–H and O–H groups in total. The van der Waals surface area contributed by atoms with Crippen LogP contribution in [0.1, 0.15) is 5.56 Å². The number of benzene rings is 2. The van der Waals surface area contributed by atoms with Gasteiger partial charge in [0.05, 0.1) is 27.0 Å². The summed E-state index contributed by atoms with van der Waals surface area (Å²) < 4.78 is 64.2. The first-order valence-corrected chi connectivity index (χ1v) is 12.7. The van der Waals surface area contributed by atoms with Crippen LogP contribution >= 0.6 is 35.0 Å². The van der Waals surface area contributed by atoms with E-state index in [1.54, 1.807) is 23.1 Å². The molecule has 2 heterocycles. The van der Waals surface area contributed by atoms with Gasteiger partial charge in [-0.25, -0.2) is 13.4 Å². The van der Waals surface area contributed by atoms with E-state index in [0.29, 0.717) is 11.4 Å². The second-order valence-corrected chi connectivity index (χ2v) is 11.0. The third-order valence-electron chi connectivity index (χ3n) is 4.91. The van der Waals surface area contributed by atoms with E-state index >= 15 is 0 Å². The van der Waals surface area contributed by atoms with Crippen LogP contribution in [-0.4, -0.2) is 31.5 Å². The van der Waals surface area contributed by atoms with E-state index in [0.717, 1.165) is 47.2 Å². The minimum atomic E-state index is -4.56. The Kier molecular flexibility index (Phi) is 6.13. The Bertz CT molecular complexity index is 1260. The fraction of sp³-hybridized carbons (Fsp3) is 0.211. The lowest BCUT2D eigenvalue weighted by molar-refractivity contribution is -0.137. The van der Waals surface area contributed by atoms with Crippen molar-refractivity contribution in [1.82, 2.24) is 0 Å². The Labute approximate surface area is 201 Å². The van der Waals surface area contributed by atoms with Crippen molar-refractivity contribution >= 4 is 61.3 Å². The lowest BCUT2D eigenvalue weighted by Crippen LogP contribution is -2.55. The quantitative estimate of drug-likeness (QED) is 0.591. The zero-order valence-corrected chi connectivity index (χ0v) is 19.9. The highest BCUT2D eigenvalue weighted by molar-refractivity contribution is 8.06. The maximum absolute atomic E-state index is 13.0. The third kappa shape index (κ3) is 4.31. The molecule has 0 saturated heterocycles. The van der Waals surface area contributed by atoms with Gasteiger partial charge in [0.15, 0.2) is 0 Å². The van der Waals surface area contributed by atoms with Gasteiger partial charge in [-0.1, -0.05) is 41.0 Å². The molecule has 2 aliphatic heterocycles. The molecule has 0 aliphatic carbocycles. The van der Waals surface area contributed by atoms with Gasteiger partial charge in [0.2, 0.25) is 15.0 Å². The van der Waals surface area contributed by atoms with E-state index in [-0.39, 0.29) is 20.8 Å². The van der Waals surface area contributed by atoms with E-state index in [4.69, 9.17) is 34.7 Å². The number of sulfone groups is 1. The summed E-state index contributed by atoms with van der Waals surface area (Å²) in [6.45, 7) is 0. The van der Waals surface area contributed by atoms with Gasteiger partial charge in [-0.05, 0) is 36.4 Å². The lowest BCUT2D eigenvalue weighted by atomic mass is 10.1. The normalized spacial score (nSPS) is 21.4. The summed E-state index contributed by atoms with van der Waals surface area (Å²) >= 11 is 13.8. The zero-order chi connectivity index (χ0) is 24.3. The molecule has 0 spiro atoms. The number of para-hydroxylation sites is 1. The minimum Gasteiger partial charge on any atom is -0.311 e. The van der Waals surface area contributed by atoms with Crippen molar-refractivity contribution in [2.24, 2.45) is 16.5 Å². The summed E-state index contributed by atoms with van der Waals surface area (Å²) in [5.74, 6) is 0. The molecule has 176 valence electrons. The van der Waals surface area contributed by atoms with Gasteiger partial charge in [-0.15, -0.1) is 0 Å². The van der Waals surface area contributed by atoms with Crippen molar-refractivity contribution in [3.8, 4) is 0 Å². The monoisotopic (exact) mass is 537 g/mol. The van der Waals surface area contributed by atoms with Crippen LogP contribution in [0.2, 0.25) is 10.0 Å². The number of nitrogens with zero attached hydrogens (tertiary/aromatic N) is 3. The molecule has 0 bridgehead atoms. The smallest absolute Gasteiger partial charge is 0.311 e. The fourth-order valence-electron chi connectivity index (χ4n) is 3.51. The van der Waals surface area contributed by atoms with Crippen LogP contribution in [-0.2, 0) is 16.0 Å². The molecule has 2 atom stereocenters. The van der Waals surface area contributed by atoms with Gasteiger partial charge in [0.25, 0.3) is 0 Å². The van der Waals surface area contributed by atoms with E-state index in [2.05, 4.69) is 4.99 Å². The first-order valence-electron chi connectivity index (χ1n) is 9.21. The van der Waals surface area contributed by atoms with Crippen LogP contribution in [0.4, 0.5) is 24.5 Å². The van der Waals surface area contributed by atoms with Crippen molar-refractivity contribution in [3.05, 3.63) is 68.8 Å². The molecule has 0 amide bonds. The molecule has 2 unspecified atom stereocenters. The van der Waals surface area contributed by atoms with Gasteiger partial charge < -0.3 is 16.4 Å². The number of amidine groups is 1. The van der Waals surface area contributed by atoms with E-state index < -0.39 is 38.4 Å². The van der Waals surface area contributed by atoms with E-state index in [9.17, 15) is 21.6 Å². The summed E-state index contributed by atoms with van der Waals surface area (Å²) in [5.41, 5.74) is 11.9. The number of hydrogen-bond donors (Lipinski definition) is 2. The van der Waals surface area contributed by atoms with E-state index in [1.165, 1.54) is 0 Å². The zero-order valence-electron chi connectivity index (χ0n) is 16.7. The summed E-state index contributed by atoms with van der Waals surface area (Å²) in [7, 11) is -3.93. The number of anilines is 2. The topological polar surface area (TPSA) is 105 Å². The van der Waals surface area contributed by atoms with Crippen LogP contribution in [0.5, 0.6) is 0 Å². The number of rotatable bonds is 2. The molecule has 0 fully saturated rings. The van der Waals surface area contributed by atoms with Gasteiger partial charge in [-0.3, -0.25) is 4.90 Å². The van der Waals surface area contributed by atoms with Gasteiger partial charge >= 0.3 is 6.18 Å². The van der Waals surface area contributed by atoms with Gasteiger partial charge in [0, 0.05) is 11.9 Å². The molecule has 0 saturated carbocycles. The molecule has 14 heteroatoms. The molecular formula is C19H16Cl2F3N5O2S2. The minimum absolute atomic E-state index is 0.0990. The number of alkyl halides is 3. The maximum Gasteiger partial charge on any atom is 0.416 e. The lowest BCUT2D eigenvalue weighted by Gasteiger charge is -2.38. The second-order valence-electron chi connectivity index (χ2n) is 7.17. The molecular weight excluding hydrogens is 522 g/mol. The Morgan fingerprint density at radius 3 is 2.12 bits per heavy atom. The Balaban J connectivity index is 1.87. The molecule has 7 nitrogen and oxygen atoms in total. The molecule has 2 aliphatic rings. The van der Waals surface area contributed by atoms with Crippen molar-refractivity contribution < 1.29 is 21.6 Å². The highest BCUT2D eigenvalue weighted by Crippen LogP contribution is 2.48.